The monoisotopic (exact) mass is 278 g/mol. The highest BCUT2D eigenvalue weighted by Gasteiger charge is 2.43. The van der Waals surface area contributed by atoms with Crippen LogP contribution in [0.3, 0.4) is 0 Å². The Balaban J connectivity index is 1.92. The number of nitrogens with one attached hydrogen (secondary N) is 2. The second-order valence-electron chi connectivity index (χ2n) is 5.59. The third kappa shape index (κ3) is 2.55. The second-order valence-corrected chi connectivity index (χ2v) is 5.59. The lowest BCUT2D eigenvalue weighted by Gasteiger charge is -2.19. The summed E-state index contributed by atoms with van der Waals surface area (Å²) >= 11 is 0. The van der Waals surface area contributed by atoms with Crippen LogP contribution in [0.15, 0.2) is 54.1 Å². The van der Waals surface area contributed by atoms with Crippen LogP contribution < -0.4 is 0 Å². The molecule has 2 N–H and O–H groups in total. The molecule has 1 aromatic rings. The van der Waals surface area contributed by atoms with Crippen molar-refractivity contribution in [1.82, 2.24) is 0 Å². The van der Waals surface area contributed by atoms with Crippen LogP contribution >= 0.6 is 0 Å². The lowest BCUT2D eigenvalue weighted by atomic mass is 9.83. The molecular weight excluding hydrogens is 260 g/mol. The quantitative estimate of drug-likeness (QED) is 0.369. The first-order valence-electron chi connectivity index (χ1n) is 7.17. The predicted octanol–water partition coefficient (Wildman–Crippen LogP) is 3.14. The number of rotatable bonds is 3. The standard InChI is InChI=1S/C17H18N4/c18-20-10-15-9-14-8-13(12-4-2-1-3-5-12)6-7-16(14)17(15)11-21-19/h1-8,10-11,13,15-19H,9H2/q+2. The van der Waals surface area contributed by atoms with E-state index in [-0.39, 0.29) is 11.8 Å². The maximum Gasteiger partial charge on any atom is 0.311 e. The highest BCUT2D eigenvalue weighted by molar-refractivity contribution is 5.69. The molecule has 0 saturated heterocycles. The molecule has 104 valence electrons. The molecule has 0 bridgehead atoms. The molecule has 1 fully saturated rings. The van der Waals surface area contributed by atoms with Gasteiger partial charge in [0.25, 0.3) is 0 Å². The van der Waals surface area contributed by atoms with E-state index in [2.05, 4.69) is 52.1 Å². The van der Waals surface area contributed by atoms with Gasteiger partial charge in [-0.15, -0.1) is 0 Å². The number of hydrogen-bond acceptors (Lipinski definition) is 2. The molecule has 1 saturated carbocycles. The molecule has 4 nitrogen and oxygen atoms in total. The first kappa shape index (κ1) is 13.4. The summed E-state index contributed by atoms with van der Waals surface area (Å²) < 4.78 is 0. The van der Waals surface area contributed by atoms with E-state index in [1.165, 1.54) is 11.1 Å². The van der Waals surface area contributed by atoms with Gasteiger partial charge in [0, 0.05) is 21.4 Å². The molecule has 4 unspecified atom stereocenters. The van der Waals surface area contributed by atoms with E-state index >= 15 is 0 Å². The van der Waals surface area contributed by atoms with Gasteiger partial charge in [0.2, 0.25) is 0 Å². The van der Waals surface area contributed by atoms with Gasteiger partial charge in [-0.1, -0.05) is 54.1 Å². The van der Waals surface area contributed by atoms with Crippen molar-refractivity contribution < 1.29 is 9.58 Å². The van der Waals surface area contributed by atoms with Crippen molar-refractivity contribution in [2.24, 2.45) is 17.8 Å². The number of hydrogen-bond donors (Lipinski definition) is 2. The van der Waals surface area contributed by atoms with E-state index in [1.807, 2.05) is 6.07 Å². The lowest BCUT2D eigenvalue weighted by molar-refractivity contribution is -0.123. The molecular formula is C17H18N4+2. The Labute approximate surface area is 123 Å². The molecule has 0 radical (unpaired) electrons. The summed E-state index contributed by atoms with van der Waals surface area (Å²) in [5.41, 5.74) is 16.8. The van der Waals surface area contributed by atoms with Gasteiger partial charge in [-0.2, -0.15) is 0 Å². The van der Waals surface area contributed by atoms with Crippen LogP contribution in [0.25, 0.3) is 0 Å². The van der Waals surface area contributed by atoms with Crippen LogP contribution in [-0.2, 0) is 0 Å². The number of benzene rings is 1. The third-order valence-corrected chi connectivity index (χ3v) is 4.43. The van der Waals surface area contributed by atoms with E-state index in [4.69, 9.17) is 11.1 Å². The highest BCUT2D eigenvalue weighted by Crippen LogP contribution is 2.44. The topological polar surface area (TPSA) is 75.9 Å². The van der Waals surface area contributed by atoms with Crippen LogP contribution in [0, 0.1) is 28.8 Å². The zero-order valence-electron chi connectivity index (χ0n) is 11.7. The van der Waals surface area contributed by atoms with Crippen molar-refractivity contribution in [2.75, 3.05) is 0 Å². The van der Waals surface area contributed by atoms with Gasteiger partial charge in [0.15, 0.2) is 0 Å². The molecule has 4 heteroatoms. The van der Waals surface area contributed by atoms with E-state index in [1.54, 1.807) is 12.4 Å². The summed E-state index contributed by atoms with van der Waals surface area (Å²) in [6, 6.07) is 10.4. The first-order chi connectivity index (χ1) is 10.3. The van der Waals surface area contributed by atoms with Crippen LogP contribution in [0.1, 0.15) is 17.9 Å². The Morgan fingerprint density at radius 2 is 1.76 bits per heavy atom. The smallest absolute Gasteiger partial charge is 0.0795 e. The van der Waals surface area contributed by atoms with E-state index in [9.17, 15) is 0 Å². The van der Waals surface area contributed by atoms with Crippen LogP contribution in [0.2, 0.25) is 0 Å². The molecule has 21 heavy (non-hydrogen) atoms. The molecule has 0 amide bonds. The molecule has 2 aliphatic rings. The Bertz CT molecular complexity index is 676. The third-order valence-electron chi connectivity index (χ3n) is 4.43. The summed E-state index contributed by atoms with van der Waals surface area (Å²) in [7, 11) is 0. The van der Waals surface area contributed by atoms with Gasteiger partial charge in [0.05, 0.1) is 22.9 Å². The predicted molar refractivity (Wildman–Crippen MR) is 79.6 cm³/mol. The van der Waals surface area contributed by atoms with Crippen molar-refractivity contribution in [3.63, 3.8) is 0 Å². The molecule has 0 aliphatic heterocycles. The summed E-state index contributed by atoms with van der Waals surface area (Å²) in [5.74, 6) is 0.933. The Kier molecular flexibility index (Phi) is 3.74. The summed E-state index contributed by atoms with van der Waals surface area (Å²) in [5, 5.41) is 0. The van der Waals surface area contributed by atoms with Crippen molar-refractivity contribution >= 4 is 12.4 Å². The molecule has 0 heterocycles. The van der Waals surface area contributed by atoms with Crippen molar-refractivity contribution in [1.29, 1.82) is 11.1 Å². The van der Waals surface area contributed by atoms with Crippen molar-refractivity contribution in [2.45, 2.75) is 12.3 Å². The number of nitrogens with zero attached hydrogens (tertiary/aromatic N) is 2. The Morgan fingerprint density at radius 1 is 1.00 bits per heavy atom. The van der Waals surface area contributed by atoms with Gasteiger partial charge in [-0.3, -0.25) is 0 Å². The van der Waals surface area contributed by atoms with Crippen LogP contribution in [0.5, 0.6) is 0 Å². The highest BCUT2D eigenvalue weighted by atomic mass is 14.9. The van der Waals surface area contributed by atoms with Crippen molar-refractivity contribution in [3.05, 3.63) is 59.7 Å². The maximum absolute atomic E-state index is 7.10. The van der Waals surface area contributed by atoms with Crippen molar-refractivity contribution in [3.8, 4) is 0 Å². The fraction of sp³-hybridized carbons (Fsp3) is 0.294. The minimum absolute atomic E-state index is 0.149. The number of fused-ring (bicyclic) bond motifs is 1. The van der Waals surface area contributed by atoms with E-state index in [0.717, 1.165) is 6.42 Å². The maximum atomic E-state index is 7.10. The Hall–Kier alpha value is -2.54. The average Bonchev–Trinajstić information content (AvgIpc) is 2.86. The molecule has 0 spiro atoms. The molecule has 1 aromatic carbocycles. The largest absolute Gasteiger partial charge is 0.311 e. The Morgan fingerprint density at radius 3 is 2.48 bits per heavy atom. The van der Waals surface area contributed by atoms with Gasteiger partial charge < -0.3 is 0 Å². The zero-order valence-corrected chi connectivity index (χ0v) is 11.7. The normalized spacial score (nSPS) is 29.8. The minimum atomic E-state index is 0.149. The van der Waals surface area contributed by atoms with Crippen LogP contribution in [-0.4, -0.2) is 22.0 Å². The second kappa shape index (κ2) is 5.84. The lowest BCUT2D eigenvalue weighted by Crippen LogP contribution is -2.18. The first-order valence-corrected chi connectivity index (χ1v) is 7.17. The average molecular weight is 278 g/mol. The SMILES string of the molecule is N=[N+]=CC1CC2=CC(c3ccccc3)C=CC2C1C=[N+]=N. The number of allylic oxidation sites excluding steroid dienone is 4. The molecule has 3 rings (SSSR count). The van der Waals surface area contributed by atoms with Gasteiger partial charge in [0.1, 0.15) is 0 Å². The fourth-order valence-corrected chi connectivity index (χ4v) is 3.43. The zero-order chi connectivity index (χ0) is 14.7. The molecule has 2 aliphatic carbocycles. The summed E-state index contributed by atoms with van der Waals surface area (Å²) in [4.78, 5) is 6.90. The molecule has 0 aromatic heterocycles. The van der Waals surface area contributed by atoms with Gasteiger partial charge in [-0.05, 0) is 12.0 Å². The van der Waals surface area contributed by atoms with Gasteiger partial charge >= 0.3 is 12.4 Å². The van der Waals surface area contributed by atoms with Gasteiger partial charge in [-0.25, -0.2) is 0 Å². The minimum Gasteiger partial charge on any atom is -0.0795 e. The van der Waals surface area contributed by atoms with E-state index < -0.39 is 0 Å². The summed E-state index contributed by atoms with van der Waals surface area (Å²) in [6.45, 7) is 0. The molecule has 4 atom stereocenters. The van der Waals surface area contributed by atoms with E-state index in [0.29, 0.717) is 11.8 Å². The summed E-state index contributed by atoms with van der Waals surface area (Å²) in [6.07, 6.45) is 11.0. The fourth-order valence-electron chi connectivity index (χ4n) is 3.43. The van der Waals surface area contributed by atoms with Crippen LogP contribution in [0.4, 0.5) is 0 Å².